The number of nitrogens with one attached hydrogen (secondary N) is 1. The number of aromatic nitrogens is 1. The zero-order chi connectivity index (χ0) is 11.8. The molecule has 1 fully saturated rings. The van der Waals surface area contributed by atoms with Gasteiger partial charge in [-0.25, -0.2) is 0 Å². The topological polar surface area (TPSA) is 20.2 Å². The second kappa shape index (κ2) is 4.08. The van der Waals surface area contributed by atoms with E-state index >= 15 is 0 Å². The summed E-state index contributed by atoms with van der Waals surface area (Å²) in [5.41, 5.74) is 2.65. The van der Waals surface area contributed by atoms with Gasteiger partial charge in [-0.15, -0.1) is 0 Å². The largest absolute Gasteiger partial charge is 0.366 e. The molecule has 0 saturated carbocycles. The molecule has 1 saturated heterocycles. The fourth-order valence-corrected chi connectivity index (χ4v) is 2.67. The number of rotatable bonds is 1. The summed E-state index contributed by atoms with van der Waals surface area (Å²) in [7, 11) is 2.09. The van der Waals surface area contributed by atoms with Crippen LogP contribution in [0.3, 0.4) is 0 Å². The third kappa shape index (κ3) is 1.80. The van der Waals surface area contributed by atoms with E-state index in [2.05, 4.69) is 59.2 Å². The standard InChI is InChI=1S/C14H19N3/c1-11-10-15-6-8-17(11)13-3-4-14-12(9-13)5-7-16(14)2/h3-5,7,9,11,15H,6,8,10H2,1-2H3/t11-/m0/s1. The van der Waals surface area contributed by atoms with Crippen LogP contribution in [0.2, 0.25) is 0 Å². The minimum Gasteiger partial charge on any atom is -0.366 e. The quantitative estimate of drug-likeness (QED) is 0.807. The minimum absolute atomic E-state index is 0.574. The Labute approximate surface area is 102 Å². The summed E-state index contributed by atoms with van der Waals surface area (Å²) in [6.45, 7) is 5.53. The summed E-state index contributed by atoms with van der Waals surface area (Å²) in [5, 5.41) is 4.76. The predicted molar refractivity (Wildman–Crippen MR) is 72.6 cm³/mol. The SMILES string of the molecule is C[C@H]1CNCCN1c1ccc2c(ccn2C)c1. The Kier molecular flexibility index (Phi) is 2.56. The summed E-state index contributed by atoms with van der Waals surface area (Å²) >= 11 is 0. The highest BCUT2D eigenvalue weighted by atomic mass is 15.2. The lowest BCUT2D eigenvalue weighted by molar-refractivity contribution is 0.501. The van der Waals surface area contributed by atoms with Crippen molar-refractivity contribution >= 4 is 16.6 Å². The first-order valence-corrected chi connectivity index (χ1v) is 6.28. The fraction of sp³-hybridized carbons (Fsp3) is 0.429. The van der Waals surface area contributed by atoms with Crippen molar-refractivity contribution in [2.24, 2.45) is 7.05 Å². The van der Waals surface area contributed by atoms with Crippen molar-refractivity contribution < 1.29 is 0 Å². The molecule has 0 radical (unpaired) electrons. The van der Waals surface area contributed by atoms with Crippen molar-refractivity contribution in [3.8, 4) is 0 Å². The number of hydrogen-bond acceptors (Lipinski definition) is 2. The first-order chi connectivity index (χ1) is 8.25. The van der Waals surface area contributed by atoms with E-state index in [-0.39, 0.29) is 0 Å². The van der Waals surface area contributed by atoms with Gasteiger partial charge in [-0.05, 0) is 31.2 Å². The smallest absolute Gasteiger partial charge is 0.0479 e. The van der Waals surface area contributed by atoms with Crippen molar-refractivity contribution in [2.75, 3.05) is 24.5 Å². The van der Waals surface area contributed by atoms with E-state index in [1.54, 1.807) is 0 Å². The molecule has 1 aromatic carbocycles. The van der Waals surface area contributed by atoms with Crippen LogP contribution in [0.4, 0.5) is 5.69 Å². The van der Waals surface area contributed by atoms with Crippen LogP contribution in [0.1, 0.15) is 6.92 Å². The van der Waals surface area contributed by atoms with E-state index in [1.807, 2.05) is 0 Å². The van der Waals surface area contributed by atoms with E-state index in [0.717, 1.165) is 19.6 Å². The third-order valence-corrected chi connectivity index (χ3v) is 3.70. The second-order valence-electron chi connectivity index (χ2n) is 4.92. The normalized spacial score (nSPS) is 21.1. The number of piperazine rings is 1. The predicted octanol–water partition coefficient (Wildman–Crippen LogP) is 1.98. The molecule has 0 bridgehead atoms. The molecule has 1 aliphatic heterocycles. The van der Waals surface area contributed by atoms with Gasteiger partial charge in [-0.2, -0.15) is 0 Å². The molecule has 3 nitrogen and oxygen atoms in total. The van der Waals surface area contributed by atoms with Gasteiger partial charge in [0, 0.05) is 55.5 Å². The molecular weight excluding hydrogens is 210 g/mol. The molecule has 3 rings (SSSR count). The molecule has 2 heterocycles. The molecule has 2 aromatic rings. The maximum atomic E-state index is 3.43. The van der Waals surface area contributed by atoms with Crippen LogP contribution in [0.5, 0.6) is 0 Å². The van der Waals surface area contributed by atoms with E-state index < -0.39 is 0 Å². The van der Waals surface area contributed by atoms with Gasteiger partial charge < -0.3 is 14.8 Å². The molecule has 0 spiro atoms. The Balaban J connectivity index is 1.99. The van der Waals surface area contributed by atoms with Crippen molar-refractivity contribution in [3.05, 3.63) is 30.5 Å². The first-order valence-electron chi connectivity index (χ1n) is 6.28. The lowest BCUT2D eigenvalue weighted by Crippen LogP contribution is -2.49. The average Bonchev–Trinajstić information content (AvgIpc) is 2.71. The van der Waals surface area contributed by atoms with E-state index in [0.29, 0.717) is 6.04 Å². The van der Waals surface area contributed by atoms with Gasteiger partial charge in [0.15, 0.2) is 0 Å². The van der Waals surface area contributed by atoms with Crippen LogP contribution in [-0.4, -0.2) is 30.2 Å². The van der Waals surface area contributed by atoms with Crippen molar-refractivity contribution in [1.82, 2.24) is 9.88 Å². The summed E-state index contributed by atoms with van der Waals surface area (Å²) in [6, 6.07) is 9.52. The molecule has 0 amide bonds. The highest BCUT2D eigenvalue weighted by Crippen LogP contribution is 2.24. The molecule has 3 heteroatoms. The molecule has 0 unspecified atom stereocenters. The first kappa shape index (κ1) is 10.7. The van der Waals surface area contributed by atoms with E-state index in [9.17, 15) is 0 Å². The maximum absolute atomic E-state index is 3.43. The van der Waals surface area contributed by atoms with Crippen LogP contribution in [0.15, 0.2) is 30.5 Å². The third-order valence-electron chi connectivity index (χ3n) is 3.70. The number of anilines is 1. The van der Waals surface area contributed by atoms with Gasteiger partial charge in [0.25, 0.3) is 0 Å². The maximum Gasteiger partial charge on any atom is 0.0479 e. The summed E-state index contributed by atoms with van der Waals surface area (Å²) < 4.78 is 2.17. The van der Waals surface area contributed by atoms with Gasteiger partial charge >= 0.3 is 0 Å². The lowest BCUT2D eigenvalue weighted by atomic mass is 10.1. The molecular formula is C14H19N3. The summed E-state index contributed by atoms with van der Waals surface area (Å²) in [5.74, 6) is 0. The van der Waals surface area contributed by atoms with Crippen LogP contribution in [-0.2, 0) is 7.05 Å². The van der Waals surface area contributed by atoms with Gasteiger partial charge in [0.05, 0.1) is 0 Å². The van der Waals surface area contributed by atoms with E-state index in [4.69, 9.17) is 0 Å². The lowest BCUT2D eigenvalue weighted by Gasteiger charge is -2.36. The zero-order valence-electron chi connectivity index (χ0n) is 10.5. The van der Waals surface area contributed by atoms with Crippen molar-refractivity contribution in [3.63, 3.8) is 0 Å². The zero-order valence-corrected chi connectivity index (χ0v) is 10.5. The van der Waals surface area contributed by atoms with Crippen LogP contribution >= 0.6 is 0 Å². The number of benzene rings is 1. The molecule has 1 aromatic heterocycles. The Bertz CT molecular complexity index is 529. The van der Waals surface area contributed by atoms with Crippen LogP contribution in [0.25, 0.3) is 10.9 Å². The van der Waals surface area contributed by atoms with Gasteiger partial charge in [-0.3, -0.25) is 0 Å². The molecule has 90 valence electrons. The fourth-order valence-electron chi connectivity index (χ4n) is 2.67. The number of fused-ring (bicyclic) bond motifs is 1. The summed E-state index contributed by atoms with van der Waals surface area (Å²) in [4.78, 5) is 2.49. The van der Waals surface area contributed by atoms with Crippen LogP contribution < -0.4 is 10.2 Å². The Morgan fingerprint density at radius 2 is 2.18 bits per heavy atom. The van der Waals surface area contributed by atoms with E-state index in [1.165, 1.54) is 16.6 Å². The number of hydrogen-bond donors (Lipinski definition) is 1. The highest BCUT2D eigenvalue weighted by Gasteiger charge is 2.18. The molecule has 17 heavy (non-hydrogen) atoms. The molecule has 1 atom stereocenters. The summed E-state index contributed by atoms with van der Waals surface area (Å²) in [6.07, 6.45) is 2.12. The minimum atomic E-state index is 0.574. The second-order valence-corrected chi connectivity index (χ2v) is 4.92. The average molecular weight is 229 g/mol. The Morgan fingerprint density at radius 1 is 1.29 bits per heavy atom. The molecule has 1 N–H and O–H groups in total. The van der Waals surface area contributed by atoms with Crippen LogP contribution in [0, 0.1) is 0 Å². The highest BCUT2D eigenvalue weighted by molar-refractivity contribution is 5.84. The molecule has 0 aliphatic carbocycles. The molecule has 1 aliphatic rings. The number of aryl methyl sites for hydroxylation is 1. The Hall–Kier alpha value is -1.48. The van der Waals surface area contributed by atoms with Crippen molar-refractivity contribution in [2.45, 2.75) is 13.0 Å². The van der Waals surface area contributed by atoms with Crippen molar-refractivity contribution in [1.29, 1.82) is 0 Å². The number of nitrogens with zero attached hydrogens (tertiary/aromatic N) is 2. The monoisotopic (exact) mass is 229 g/mol. The van der Waals surface area contributed by atoms with Gasteiger partial charge in [0.2, 0.25) is 0 Å². The van der Waals surface area contributed by atoms with Gasteiger partial charge in [-0.1, -0.05) is 0 Å². The Morgan fingerprint density at radius 3 is 3.00 bits per heavy atom. The van der Waals surface area contributed by atoms with Gasteiger partial charge in [0.1, 0.15) is 0 Å².